The molecule has 6 heteroatoms. The fourth-order valence-electron chi connectivity index (χ4n) is 5.01. The summed E-state index contributed by atoms with van der Waals surface area (Å²) in [7, 11) is 0. The first-order chi connectivity index (χ1) is 16.7. The van der Waals surface area contributed by atoms with Crippen LogP contribution in [0.2, 0.25) is 0 Å². The highest BCUT2D eigenvalue weighted by Crippen LogP contribution is 2.34. The van der Waals surface area contributed by atoms with Gasteiger partial charge in [-0.2, -0.15) is 0 Å². The van der Waals surface area contributed by atoms with E-state index >= 15 is 0 Å². The summed E-state index contributed by atoms with van der Waals surface area (Å²) < 4.78 is 7.34. The van der Waals surface area contributed by atoms with Gasteiger partial charge in [-0.05, 0) is 55.5 Å². The summed E-state index contributed by atoms with van der Waals surface area (Å²) in [6.45, 7) is 2.30. The SMILES string of the molecule is C[C@H](Nc1nc2ccc(Oc3ccnc(-c4cnc5c(c4)C=CC5)c3)cc2s1)C1CCCCC1. The molecule has 3 aromatic heterocycles. The number of fused-ring (bicyclic) bond motifs is 2. The highest BCUT2D eigenvalue weighted by molar-refractivity contribution is 7.22. The Bertz CT molecular complexity index is 1360. The number of hydrogen-bond acceptors (Lipinski definition) is 6. The number of allylic oxidation sites excluding steroid dienone is 1. The van der Waals surface area contributed by atoms with Gasteiger partial charge in [-0.15, -0.1) is 0 Å². The number of hydrogen-bond donors (Lipinski definition) is 1. The minimum absolute atomic E-state index is 0.455. The zero-order valence-electron chi connectivity index (χ0n) is 19.3. The fraction of sp³-hybridized carbons (Fsp3) is 0.321. The zero-order valence-corrected chi connectivity index (χ0v) is 20.1. The molecule has 5 nitrogen and oxygen atoms in total. The number of benzene rings is 1. The molecule has 0 aliphatic heterocycles. The standard InChI is InChI=1S/C28H28N4OS/c1-18(19-6-3-2-4-7-19)31-28-32-25-11-10-22(16-27(25)34-28)33-23-12-13-29-26(15-23)21-14-20-8-5-9-24(20)30-17-21/h5,8,10-19H,2-4,6-7,9H2,1H3,(H,31,32)/t18-/m0/s1. The van der Waals surface area contributed by atoms with Crippen molar-refractivity contribution < 1.29 is 4.74 Å². The van der Waals surface area contributed by atoms with E-state index in [1.54, 1.807) is 17.5 Å². The molecule has 0 bridgehead atoms. The van der Waals surface area contributed by atoms with E-state index in [9.17, 15) is 0 Å². The molecule has 172 valence electrons. The lowest BCUT2D eigenvalue weighted by molar-refractivity contribution is 0.328. The third kappa shape index (κ3) is 4.42. The molecule has 1 N–H and O–H groups in total. The van der Waals surface area contributed by atoms with E-state index in [-0.39, 0.29) is 0 Å². The van der Waals surface area contributed by atoms with Gasteiger partial charge in [-0.1, -0.05) is 42.8 Å². The summed E-state index contributed by atoms with van der Waals surface area (Å²) in [5.74, 6) is 2.31. The van der Waals surface area contributed by atoms with Crippen molar-refractivity contribution >= 4 is 32.8 Å². The third-order valence-electron chi connectivity index (χ3n) is 6.94. The summed E-state index contributed by atoms with van der Waals surface area (Å²) in [4.78, 5) is 13.9. The van der Waals surface area contributed by atoms with E-state index in [0.29, 0.717) is 6.04 Å². The molecule has 4 aromatic rings. The van der Waals surface area contributed by atoms with Crippen molar-refractivity contribution in [1.29, 1.82) is 0 Å². The van der Waals surface area contributed by atoms with Crippen LogP contribution in [-0.2, 0) is 6.42 Å². The van der Waals surface area contributed by atoms with Crippen LogP contribution in [0.1, 0.15) is 50.3 Å². The third-order valence-corrected chi connectivity index (χ3v) is 7.89. The van der Waals surface area contributed by atoms with Gasteiger partial charge < -0.3 is 10.1 Å². The first kappa shape index (κ1) is 21.3. The molecule has 0 amide bonds. The summed E-state index contributed by atoms with van der Waals surface area (Å²) in [5.41, 5.74) is 5.15. The molecule has 3 heterocycles. The Morgan fingerprint density at radius 2 is 1.91 bits per heavy atom. The summed E-state index contributed by atoms with van der Waals surface area (Å²) in [6.07, 6.45) is 15.6. The van der Waals surface area contributed by atoms with Crippen LogP contribution in [0.15, 0.2) is 54.9 Å². The zero-order chi connectivity index (χ0) is 22.9. The van der Waals surface area contributed by atoms with Gasteiger partial charge in [0, 0.05) is 42.6 Å². The molecule has 0 radical (unpaired) electrons. The Hall–Kier alpha value is -3.25. The normalized spacial score (nSPS) is 16.5. The van der Waals surface area contributed by atoms with Crippen molar-refractivity contribution in [3.63, 3.8) is 0 Å². The van der Waals surface area contributed by atoms with Crippen LogP contribution in [0, 0.1) is 5.92 Å². The second-order valence-corrected chi connectivity index (χ2v) is 10.4. The Kier molecular flexibility index (Phi) is 5.75. The Morgan fingerprint density at radius 3 is 2.82 bits per heavy atom. The van der Waals surface area contributed by atoms with Crippen molar-refractivity contribution in [3.8, 4) is 22.8 Å². The second-order valence-electron chi connectivity index (χ2n) is 9.32. The summed E-state index contributed by atoms with van der Waals surface area (Å²) >= 11 is 1.70. The highest BCUT2D eigenvalue weighted by Gasteiger charge is 2.21. The maximum Gasteiger partial charge on any atom is 0.184 e. The monoisotopic (exact) mass is 468 g/mol. The molecule has 0 spiro atoms. The molecule has 6 rings (SSSR count). The van der Waals surface area contributed by atoms with Crippen molar-refractivity contribution in [2.24, 2.45) is 5.92 Å². The fourth-order valence-corrected chi connectivity index (χ4v) is 6.00. The van der Waals surface area contributed by atoms with E-state index in [0.717, 1.165) is 56.1 Å². The minimum atomic E-state index is 0.455. The Labute approximate surface area is 204 Å². The number of thiazole rings is 1. The maximum absolute atomic E-state index is 6.21. The summed E-state index contributed by atoms with van der Waals surface area (Å²) in [6, 6.07) is 12.6. The maximum atomic E-state index is 6.21. The van der Waals surface area contributed by atoms with Gasteiger partial charge in [0.1, 0.15) is 11.5 Å². The van der Waals surface area contributed by atoms with Gasteiger partial charge >= 0.3 is 0 Å². The molecule has 1 fully saturated rings. The van der Waals surface area contributed by atoms with Crippen LogP contribution < -0.4 is 10.1 Å². The lowest BCUT2D eigenvalue weighted by Crippen LogP contribution is -2.27. The molecular formula is C28H28N4OS. The van der Waals surface area contributed by atoms with Crippen molar-refractivity contribution in [1.82, 2.24) is 15.0 Å². The molecule has 1 saturated carbocycles. The first-order valence-electron chi connectivity index (χ1n) is 12.2. The molecule has 0 saturated heterocycles. The van der Waals surface area contributed by atoms with Gasteiger partial charge in [0.15, 0.2) is 5.13 Å². The molecule has 2 aliphatic carbocycles. The first-order valence-corrected chi connectivity index (χ1v) is 13.0. The Morgan fingerprint density at radius 1 is 1.03 bits per heavy atom. The smallest absolute Gasteiger partial charge is 0.184 e. The largest absolute Gasteiger partial charge is 0.457 e. The topological polar surface area (TPSA) is 59.9 Å². The number of anilines is 1. The van der Waals surface area contributed by atoms with Crippen molar-refractivity contribution in [2.45, 2.75) is 51.5 Å². The summed E-state index contributed by atoms with van der Waals surface area (Å²) in [5, 5.41) is 4.66. The Balaban J connectivity index is 1.18. The van der Waals surface area contributed by atoms with E-state index in [2.05, 4.69) is 46.5 Å². The number of aromatic nitrogens is 3. The predicted octanol–water partition coefficient (Wildman–Crippen LogP) is 7.50. The minimum Gasteiger partial charge on any atom is -0.457 e. The molecular weight excluding hydrogens is 440 g/mol. The van der Waals surface area contributed by atoms with Crippen LogP contribution in [-0.4, -0.2) is 21.0 Å². The molecule has 1 atom stereocenters. The number of ether oxygens (including phenoxy) is 1. The van der Waals surface area contributed by atoms with E-state index in [1.807, 2.05) is 30.5 Å². The lowest BCUT2D eigenvalue weighted by atomic mass is 9.85. The van der Waals surface area contributed by atoms with Gasteiger partial charge in [-0.25, -0.2) is 4.98 Å². The molecule has 34 heavy (non-hydrogen) atoms. The highest BCUT2D eigenvalue weighted by atomic mass is 32.1. The van der Waals surface area contributed by atoms with E-state index < -0.39 is 0 Å². The van der Waals surface area contributed by atoms with Gasteiger partial charge in [0.2, 0.25) is 0 Å². The van der Waals surface area contributed by atoms with Crippen LogP contribution in [0.5, 0.6) is 11.5 Å². The quantitative estimate of drug-likeness (QED) is 0.317. The van der Waals surface area contributed by atoms with E-state index in [4.69, 9.17) is 9.72 Å². The second kappa shape index (κ2) is 9.18. The van der Waals surface area contributed by atoms with Crippen LogP contribution >= 0.6 is 11.3 Å². The van der Waals surface area contributed by atoms with Crippen LogP contribution in [0.4, 0.5) is 5.13 Å². The lowest BCUT2D eigenvalue weighted by Gasteiger charge is -2.28. The average molecular weight is 469 g/mol. The van der Waals surface area contributed by atoms with Gasteiger partial charge in [0.25, 0.3) is 0 Å². The molecule has 1 aromatic carbocycles. The number of nitrogens with zero attached hydrogens (tertiary/aromatic N) is 3. The van der Waals surface area contributed by atoms with Crippen molar-refractivity contribution in [3.05, 3.63) is 66.1 Å². The average Bonchev–Trinajstić information content (AvgIpc) is 3.50. The predicted molar refractivity (Wildman–Crippen MR) is 140 cm³/mol. The molecule has 0 unspecified atom stereocenters. The number of nitrogens with one attached hydrogen (secondary N) is 1. The van der Waals surface area contributed by atoms with Crippen LogP contribution in [0.25, 0.3) is 27.6 Å². The van der Waals surface area contributed by atoms with Gasteiger partial charge in [0.05, 0.1) is 21.6 Å². The number of pyridine rings is 2. The van der Waals surface area contributed by atoms with E-state index in [1.165, 1.54) is 37.7 Å². The van der Waals surface area contributed by atoms with Crippen molar-refractivity contribution in [2.75, 3.05) is 5.32 Å². The number of rotatable bonds is 6. The van der Waals surface area contributed by atoms with Crippen LogP contribution in [0.3, 0.4) is 0 Å². The molecule has 2 aliphatic rings. The van der Waals surface area contributed by atoms with Gasteiger partial charge in [-0.3, -0.25) is 9.97 Å².